The van der Waals surface area contributed by atoms with Crippen LogP contribution in [0.4, 0.5) is 4.39 Å². The predicted octanol–water partition coefficient (Wildman–Crippen LogP) is 3.36. The highest BCUT2D eigenvalue weighted by molar-refractivity contribution is 6.30. The lowest BCUT2D eigenvalue weighted by Gasteiger charge is -2.28. The van der Waals surface area contributed by atoms with E-state index in [1.54, 1.807) is 13.8 Å². The molecule has 0 unspecified atom stereocenters. The molecule has 1 N–H and O–H groups in total. The number of carbonyl (C=O) groups is 3. The number of benzene rings is 1. The van der Waals surface area contributed by atoms with Gasteiger partial charge in [-0.2, -0.15) is 0 Å². The summed E-state index contributed by atoms with van der Waals surface area (Å²) in [5.74, 6) is -2.33. The van der Waals surface area contributed by atoms with Crippen LogP contribution in [0.25, 0.3) is 0 Å². The summed E-state index contributed by atoms with van der Waals surface area (Å²) in [6.07, 6.45) is 0.347. The molecule has 0 fully saturated rings. The summed E-state index contributed by atoms with van der Waals surface area (Å²) in [7, 11) is 0. The maximum absolute atomic E-state index is 13.4. The van der Waals surface area contributed by atoms with Gasteiger partial charge in [-0.1, -0.05) is 17.7 Å². The van der Waals surface area contributed by atoms with Crippen LogP contribution in [-0.2, 0) is 22.4 Å². The first kappa shape index (κ1) is 20.9. The Bertz CT molecular complexity index is 972. The summed E-state index contributed by atoms with van der Waals surface area (Å²) in [6.45, 7) is 4.08. The van der Waals surface area contributed by atoms with E-state index in [4.69, 9.17) is 21.1 Å². The Morgan fingerprint density at radius 3 is 2.45 bits per heavy atom. The minimum absolute atomic E-state index is 0.0360. The number of halogens is 2. The molecule has 9 heteroatoms. The van der Waals surface area contributed by atoms with Crippen LogP contribution in [0.2, 0.25) is 5.02 Å². The molecule has 1 amide bonds. The Balaban J connectivity index is 1.96. The lowest BCUT2D eigenvalue weighted by molar-refractivity contribution is 0.0510. The first-order valence-corrected chi connectivity index (χ1v) is 9.57. The molecule has 7 nitrogen and oxygen atoms in total. The van der Waals surface area contributed by atoms with Crippen LogP contribution in [-0.4, -0.2) is 47.5 Å². The molecule has 2 aromatic rings. The van der Waals surface area contributed by atoms with Crippen LogP contribution in [0.15, 0.2) is 18.2 Å². The fourth-order valence-corrected chi connectivity index (χ4v) is 3.48. The third-order valence-electron chi connectivity index (χ3n) is 4.55. The summed E-state index contributed by atoms with van der Waals surface area (Å²) < 4.78 is 23.5. The van der Waals surface area contributed by atoms with Crippen LogP contribution in [0.3, 0.4) is 0 Å². The molecule has 0 aliphatic carbocycles. The quantitative estimate of drug-likeness (QED) is 0.721. The largest absolute Gasteiger partial charge is 0.461 e. The van der Waals surface area contributed by atoms with E-state index < -0.39 is 23.7 Å². The molecule has 154 valence electrons. The van der Waals surface area contributed by atoms with Gasteiger partial charge < -0.3 is 19.4 Å². The SMILES string of the molecule is CCOC(=O)c1[nH]c(C(=O)OCC)c2c1CCN(Cc1ccc(F)c(Cl)c1)C2=O. The van der Waals surface area contributed by atoms with Crippen molar-refractivity contribution in [2.45, 2.75) is 26.8 Å². The van der Waals surface area contributed by atoms with Gasteiger partial charge in [0.05, 0.1) is 23.8 Å². The molecule has 0 saturated heterocycles. The lowest BCUT2D eigenvalue weighted by atomic mass is 9.98. The number of hydrogen-bond acceptors (Lipinski definition) is 5. The van der Waals surface area contributed by atoms with E-state index in [9.17, 15) is 18.8 Å². The monoisotopic (exact) mass is 422 g/mol. The fraction of sp³-hybridized carbons (Fsp3) is 0.350. The number of fused-ring (bicyclic) bond motifs is 1. The van der Waals surface area contributed by atoms with Gasteiger partial charge in [0, 0.05) is 13.1 Å². The first-order chi connectivity index (χ1) is 13.9. The Morgan fingerprint density at radius 2 is 1.83 bits per heavy atom. The molecule has 1 aliphatic heterocycles. The Labute approximate surface area is 171 Å². The number of rotatable bonds is 6. The van der Waals surface area contributed by atoms with Crippen molar-refractivity contribution in [3.63, 3.8) is 0 Å². The zero-order chi connectivity index (χ0) is 21.1. The molecule has 0 radical (unpaired) electrons. The smallest absolute Gasteiger partial charge is 0.355 e. The zero-order valence-corrected chi connectivity index (χ0v) is 16.8. The molecule has 2 heterocycles. The molecule has 1 aromatic carbocycles. The van der Waals surface area contributed by atoms with Crippen LogP contribution in [0.5, 0.6) is 0 Å². The number of nitrogens with one attached hydrogen (secondary N) is 1. The standard InChI is InChI=1S/C20H20ClFN2O5/c1-3-28-19(26)16-12-7-8-24(10-11-5-6-14(22)13(21)9-11)18(25)15(12)17(23-16)20(27)29-4-2/h5-6,9,23H,3-4,7-8,10H2,1-2H3. The second-order valence-electron chi connectivity index (χ2n) is 6.39. The number of aromatic amines is 1. The molecule has 0 spiro atoms. The molecular weight excluding hydrogens is 403 g/mol. The van der Waals surface area contributed by atoms with Gasteiger partial charge in [-0.25, -0.2) is 14.0 Å². The van der Waals surface area contributed by atoms with E-state index in [0.29, 0.717) is 24.1 Å². The first-order valence-electron chi connectivity index (χ1n) is 9.19. The van der Waals surface area contributed by atoms with Gasteiger partial charge in [0.1, 0.15) is 17.2 Å². The molecule has 0 saturated carbocycles. The highest BCUT2D eigenvalue weighted by Crippen LogP contribution is 2.29. The van der Waals surface area contributed by atoms with Gasteiger partial charge in [0.15, 0.2) is 0 Å². The van der Waals surface area contributed by atoms with Gasteiger partial charge in [-0.15, -0.1) is 0 Å². The predicted molar refractivity (Wildman–Crippen MR) is 103 cm³/mol. The number of carbonyl (C=O) groups excluding carboxylic acids is 3. The van der Waals surface area contributed by atoms with Gasteiger partial charge in [0.2, 0.25) is 0 Å². The van der Waals surface area contributed by atoms with Gasteiger partial charge in [0.25, 0.3) is 5.91 Å². The molecule has 29 heavy (non-hydrogen) atoms. The van der Waals surface area contributed by atoms with Crippen LogP contribution >= 0.6 is 11.6 Å². The number of H-pyrrole nitrogens is 1. The Kier molecular flexibility index (Phi) is 6.22. The molecule has 1 aliphatic rings. The van der Waals surface area contributed by atoms with Crippen LogP contribution in [0, 0.1) is 5.82 Å². The van der Waals surface area contributed by atoms with E-state index in [1.165, 1.54) is 23.1 Å². The van der Waals surface area contributed by atoms with E-state index in [0.717, 1.165) is 0 Å². The zero-order valence-electron chi connectivity index (χ0n) is 16.0. The fourth-order valence-electron chi connectivity index (χ4n) is 3.27. The number of hydrogen-bond donors (Lipinski definition) is 1. The van der Waals surface area contributed by atoms with Crippen LogP contribution in [0.1, 0.15) is 56.3 Å². The van der Waals surface area contributed by atoms with E-state index in [2.05, 4.69) is 4.98 Å². The summed E-state index contributed by atoms with van der Waals surface area (Å²) in [5.41, 5.74) is 1.20. The lowest BCUT2D eigenvalue weighted by Crippen LogP contribution is -2.37. The van der Waals surface area contributed by atoms with Crippen molar-refractivity contribution in [3.8, 4) is 0 Å². The second-order valence-corrected chi connectivity index (χ2v) is 6.80. The highest BCUT2D eigenvalue weighted by atomic mass is 35.5. The average molecular weight is 423 g/mol. The summed E-state index contributed by atoms with van der Waals surface area (Å²) >= 11 is 5.82. The third kappa shape index (κ3) is 4.12. The van der Waals surface area contributed by atoms with Crippen LogP contribution < -0.4 is 0 Å². The molecule has 3 rings (SSSR count). The molecule has 0 bridgehead atoms. The number of esters is 2. The Morgan fingerprint density at radius 1 is 1.17 bits per heavy atom. The Hall–Kier alpha value is -2.87. The minimum atomic E-state index is -0.723. The minimum Gasteiger partial charge on any atom is -0.461 e. The molecule has 1 aromatic heterocycles. The third-order valence-corrected chi connectivity index (χ3v) is 4.84. The van der Waals surface area contributed by atoms with Crippen molar-refractivity contribution in [2.75, 3.05) is 19.8 Å². The highest BCUT2D eigenvalue weighted by Gasteiger charge is 2.36. The van der Waals surface area contributed by atoms with Gasteiger partial charge >= 0.3 is 11.9 Å². The molecular formula is C20H20ClFN2O5. The number of nitrogens with zero attached hydrogens (tertiary/aromatic N) is 1. The molecule has 0 atom stereocenters. The van der Waals surface area contributed by atoms with Gasteiger partial charge in [-0.05, 0) is 43.5 Å². The normalized spacial score (nSPS) is 13.2. The van der Waals surface area contributed by atoms with Crippen molar-refractivity contribution >= 4 is 29.4 Å². The van der Waals surface area contributed by atoms with Crippen molar-refractivity contribution < 1.29 is 28.2 Å². The van der Waals surface area contributed by atoms with Crippen molar-refractivity contribution in [1.29, 1.82) is 0 Å². The summed E-state index contributed by atoms with van der Waals surface area (Å²) in [4.78, 5) is 42.0. The van der Waals surface area contributed by atoms with Gasteiger partial charge in [-0.3, -0.25) is 4.79 Å². The van der Waals surface area contributed by atoms with Crippen molar-refractivity contribution in [1.82, 2.24) is 9.88 Å². The van der Waals surface area contributed by atoms with E-state index in [1.807, 2.05) is 0 Å². The second kappa shape index (κ2) is 8.65. The number of aromatic nitrogens is 1. The van der Waals surface area contributed by atoms with E-state index >= 15 is 0 Å². The maximum Gasteiger partial charge on any atom is 0.355 e. The van der Waals surface area contributed by atoms with Crippen molar-refractivity contribution in [3.05, 3.63) is 57.1 Å². The number of ether oxygens (including phenoxy) is 2. The van der Waals surface area contributed by atoms with Crippen molar-refractivity contribution in [2.24, 2.45) is 0 Å². The number of amides is 1. The van der Waals surface area contributed by atoms with E-state index in [-0.39, 0.29) is 41.7 Å². The average Bonchev–Trinajstić information content (AvgIpc) is 3.08. The topological polar surface area (TPSA) is 88.7 Å². The maximum atomic E-state index is 13.4. The summed E-state index contributed by atoms with van der Waals surface area (Å²) in [6, 6.07) is 4.22. The summed E-state index contributed by atoms with van der Waals surface area (Å²) in [5, 5.41) is -0.0360.